The van der Waals surface area contributed by atoms with Crippen molar-refractivity contribution in [1.29, 1.82) is 0 Å². The predicted octanol–water partition coefficient (Wildman–Crippen LogP) is 2.90. The first kappa shape index (κ1) is 17.4. The van der Waals surface area contributed by atoms with Crippen molar-refractivity contribution < 1.29 is 14.3 Å². The summed E-state index contributed by atoms with van der Waals surface area (Å²) in [7, 11) is 1.67. The molecule has 1 aromatic heterocycles. The fraction of sp³-hybridized carbons (Fsp3) is 0.667. The van der Waals surface area contributed by atoms with E-state index in [-0.39, 0.29) is 17.9 Å². The molecule has 3 rings (SSSR count). The van der Waals surface area contributed by atoms with E-state index in [0.717, 1.165) is 55.1 Å². The molecule has 0 aliphatic carbocycles. The van der Waals surface area contributed by atoms with Gasteiger partial charge in [0, 0.05) is 44.1 Å². The lowest BCUT2D eigenvalue weighted by Gasteiger charge is -2.36. The lowest BCUT2D eigenvalue weighted by molar-refractivity contribution is -0.127. The Balaban J connectivity index is 1.62. The van der Waals surface area contributed by atoms with Gasteiger partial charge in [-0.3, -0.25) is 9.59 Å². The molecule has 6 heteroatoms. The van der Waals surface area contributed by atoms with Crippen LogP contribution in [0.3, 0.4) is 0 Å². The zero-order valence-electron chi connectivity index (χ0n) is 14.3. The third-order valence-corrected chi connectivity index (χ3v) is 6.00. The minimum absolute atomic E-state index is 0.139. The summed E-state index contributed by atoms with van der Waals surface area (Å²) in [5, 5.41) is 0. The van der Waals surface area contributed by atoms with Crippen molar-refractivity contribution in [1.82, 2.24) is 9.80 Å². The van der Waals surface area contributed by atoms with E-state index in [1.807, 2.05) is 21.9 Å². The van der Waals surface area contributed by atoms with Crippen molar-refractivity contribution in [2.75, 3.05) is 26.7 Å². The number of hydrogen-bond donors (Lipinski definition) is 0. The van der Waals surface area contributed by atoms with Crippen LogP contribution in [0.2, 0.25) is 0 Å². The molecule has 2 saturated heterocycles. The van der Waals surface area contributed by atoms with Gasteiger partial charge in [0.05, 0.1) is 11.5 Å². The molecule has 0 N–H and O–H groups in total. The fourth-order valence-electron chi connectivity index (χ4n) is 3.67. The minimum atomic E-state index is 0.139. The van der Waals surface area contributed by atoms with Gasteiger partial charge in [-0.1, -0.05) is 0 Å². The number of amides is 2. The second kappa shape index (κ2) is 8.12. The SMILES string of the molecule is COCc1ccc(C(=O)N2CCCC[C@@H]2CCN2CCCC2=O)s1. The second-order valence-electron chi connectivity index (χ2n) is 6.62. The molecule has 0 saturated carbocycles. The van der Waals surface area contributed by atoms with Gasteiger partial charge in [-0.15, -0.1) is 11.3 Å². The number of rotatable bonds is 6. The molecular weight excluding hydrogens is 324 g/mol. The standard InChI is InChI=1S/C18H26N2O3S/c1-23-13-15-7-8-16(24-15)18(22)20-11-3-2-5-14(20)9-12-19-10-4-6-17(19)21/h7-8,14H,2-6,9-13H2,1H3/t14-/m1/s1. The number of ether oxygens (including phenoxy) is 1. The van der Waals surface area contributed by atoms with Gasteiger partial charge in [0.25, 0.3) is 5.91 Å². The van der Waals surface area contributed by atoms with Crippen molar-refractivity contribution >= 4 is 23.2 Å². The molecular formula is C18H26N2O3S. The monoisotopic (exact) mass is 350 g/mol. The highest BCUT2D eigenvalue weighted by Gasteiger charge is 2.29. The summed E-state index contributed by atoms with van der Waals surface area (Å²) in [4.78, 5) is 30.6. The molecule has 3 heterocycles. The maximum Gasteiger partial charge on any atom is 0.264 e. The van der Waals surface area contributed by atoms with Gasteiger partial charge >= 0.3 is 0 Å². The van der Waals surface area contributed by atoms with E-state index in [9.17, 15) is 9.59 Å². The Morgan fingerprint density at radius 3 is 2.92 bits per heavy atom. The van der Waals surface area contributed by atoms with Crippen molar-refractivity contribution in [3.8, 4) is 0 Å². The lowest BCUT2D eigenvalue weighted by Crippen LogP contribution is -2.45. The van der Waals surface area contributed by atoms with Crippen LogP contribution in [-0.2, 0) is 16.1 Å². The zero-order valence-corrected chi connectivity index (χ0v) is 15.1. The van der Waals surface area contributed by atoms with Crippen LogP contribution < -0.4 is 0 Å². The molecule has 5 nitrogen and oxygen atoms in total. The summed E-state index contributed by atoms with van der Waals surface area (Å²) >= 11 is 1.52. The van der Waals surface area contributed by atoms with E-state index in [2.05, 4.69) is 0 Å². The van der Waals surface area contributed by atoms with Crippen molar-refractivity contribution in [2.45, 2.75) is 51.2 Å². The highest BCUT2D eigenvalue weighted by atomic mass is 32.1. The molecule has 0 unspecified atom stereocenters. The van der Waals surface area contributed by atoms with Gasteiger partial charge < -0.3 is 14.5 Å². The minimum Gasteiger partial charge on any atom is -0.379 e. The molecule has 2 aliphatic heterocycles. The highest BCUT2D eigenvalue weighted by Crippen LogP contribution is 2.26. The van der Waals surface area contributed by atoms with E-state index < -0.39 is 0 Å². The van der Waals surface area contributed by atoms with E-state index in [4.69, 9.17) is 4.74 Å². The molecule has 0 radical (unpaired) electrons. The number of hydrogen-bond acceptors (Lipinski definition) is 4. The molecule has 0 spiro atoms. The number of nitrogens with zero attached hydrogens (tertiary/aromatic N) is 2. The van der Waals surface area contributed by atoms with E-state index >= 15 is 0 Å². The summed E-state index contributed by atoms with van der Waals surface area (Å²) in [6.45, 7) is 3.05. The van der Waals surface area contributed by atoms with Gasteiger partial charge in [0.2, 0.25) is 5.91 Å². The molecule has 2 aliphatic rings. The molecule has 24 heavy (non-hydrogen) atoms. The molecule has 2 amide bonds. The Bertz CT molecular complexity index is 587. The molecule has 0 bridgehead atoms. The number of carbonyl (C=O) groups excluding carboxylic acids is 2. The summed E-state index contributed by atoms with van der Waals surface area (Å²) in [5.41, 5.74) is 0. The van der Waals surface area contributed by atoms with Crippen LogP contribution in [0, 0.1) is 0 Å². The van der Waals surface area contributed by atoms with E-state index in [0.29, 0.717) is 13.0 Å². The van der Waals surface area contributed by atoms with E-state index in [1.165, 1.54) is 17.8 Å². The molecule has 1 atom stereocenters. The van der Waals surface area contributed by atoms with E-state index in [1.54, 1.807) is 7.11 Å². The first-order valence-electron chi connectivity index (χ1n) is 8.85. The Morgan fingerprint density at radius 2 is 2.17 bits per heavy atom. The first-order valence-corrected chi connectivity index (χ1v) is 9.67. The fourth-order valence-corrected chi connectivity index (χ4v) is 4.60. The Labute approximate surface area is 147 Å². The topological polar surface area (TPSA) is 49.9 Å². The van der Waals surface area contributed by atoms with Crippen molar-refractivity contribution in [2.24, 2.45) is 0 Å². The summed E-state index contributed by atoms with van der Waals surface area (Å²) in [5.74, 6) is 0.408. The molecule has 1 aromatic rings. The van der Waals surface area contributed by atoms with Crippen LogP contribution in [0.1, 0.15) is 53.1 Å². The number of likely N-dealkylation sites (tertiary alicyclic amines) is 2. The Morgan fingerprint density at radius 1 is 1.29 bits per heavy atom. The largest absolute Gasteiger partial charge is 0.379 e. The number of thiophene rings is 1. The van der Waals surface area contributed by atoms with Crippen LogP contribution in [0.15, 0.2) is 12.1 Å². The van der Waals surface area contributed by atoms with Crippen LogP contribution in [-0.4, -0.2) is 54.4 Å². The number of piperidine rings is 1. The van der Waals surface area contributed by atoms with Crippen molar-refractivity contribution in [3.05, 3.63) is 21.9 Å². The average molecular weight is 350 g/mol. The van der Waals surface area contributed by atoms with Gasteiger partial charge in [-0.05, 0) is 44.2 Å². The van der Waals surface area contributed by atoms with Gasteiger partial charge in [0.15, 0.2) is 0 Å². The Hall–Kier alpha value is -1.40. The predicted molar refractivity (Wildman–Crippen MR) is 94.1 cm³/mol. The van der Waals surface area contributed by atoms with Crippen LogP contribution in [0.4, 0.5) is 0 Å². The Kier molecular flexibility index (Phi) is 5.89. The van der Waals surface area contributed by atoms with Crippen LogP contribution >= 0.6 is 11.3 Å². The lowest BCUT2D eigenvalue weighted by atomic mass is 9.98. The van der Waals surface area contributed by atoms with Gasteiger partial charge in [-0.25, -0.2) is 0 Å². The second-order valence-corrected chi connectivity index (χ2v) is 7.79. The summed E-state index contributed by atoms with van der Waals surface area (Å²) in [6, 6.07) is 4.15. The van der Waals surface area contributed by atoms with Gasteiger partial charge in [0.1, 0.15) is 0 Å². The quantitative estimate of drug-likeness (QED) is 0.793. The zero-order chi connectivity index (χ0) is 16.9. The number of methoxy groups -OCH3 is 1. The average Bonchev–Trinajstić information content (AvgIpc) is 3.22. The van der Waals surface area contributed by atoms with Crippen LogP contribution in [0.5, 0.6) is 0 Å². The van der Waals surface area contributed by atoms with Gasteiger partial charge in [-0.2, -0.15) is 0 Å². The summed E-state index contributed by atoms with van der Waals surface area (Å²) in [6.07, 6.45) is 5.84. The smallest absolute Gasteiger partial charge is 0.264 e. The number of carbonyl (C=O) groups is 2. The molecule has 0 aromatic carbocycles. The maximum absolute atomic E-state index is 12.9. The maximum atomic E-state index is 12.9. The first-order chi connectivity index (χ1) is 11.7. The molecule has 132 valence electrons. The normalized spacial score (nSPS) is 21.5. The molecule has 2 fully saturated rings. The van der Waals surface area contributed by atoms with Crippen LogP contribution in [0.25, 0.3) is 0 Å². The summed E-state index contributed by atoms with van der Waals surface area (Å²) < 4.78 is 5.14. The highest BCUT2D eigenvalue weighted by molar-refractivity contribution is 7.14. The van der Waals surface area contributed by atoms with Crippen molar-refractivity contribution in [3.63, 3.8) is 0 Å². The third-order valence-electron chi connectivity index (χ3n) is 4.95. The third kappa shape index (κ3) is 3.98.